The Morgan fingerprint density at radius 2 is 1.50 bits per heavy atom. The van der Waals surface area contributed by atoms with Crippen LogP contribution >= 0.6 is 0 Å². The molecule has 0 aromatic carbocycles. The molecule has 1 rings (SSSR count). The number of rotatable bonds is 5. The summed E-state index contributed by atoms with van der Waals surface area (Å²) >= 11 is 0. The predicted molar refractivity (Wildman–Crippen MR) is 79.9 cm³/mol. The summed E-state index contributed by atoms with van der Waals surface area (Å²) < 4.78 is 6.10. The second-order valence-electron chi connectivity index (χ2n) is 8.52. The van der Waals surface area contributed by atoms with Crippen LogP contribution in [0.3, 0.4) is 0 Å². The quantitative estimate of drug-likeness (QED) is 0.622. The van der Waals surface area contributed by atoms with E-state index in [-0.39, 0.29) is 5.60 Å². The molecule has 0 aliphatic heterocycles. The molecule has 0 radical (unpaired) electrons. The summed E-state index contributed by atoms with van der Waals surface area (Å²) in [5.74, 6) is 0. The highest BCUT2D eigenvalue weighted by molar-refractivity contribution is 4.85. The Hall–Kier alpha value is -0.0400. The minimum absolute atomic E-state index is 0.0135. The van der Waals surface area contributed by atoms with Gasteiger partial charge in [-0.25, -0.2) is 0 Å². The van der Waals surface area contributed by atoms with Crippen LogP contribution in [0.15, 0.2) is 0 Å². The monoisotopic (exact) mass is 254 g/mol. The van der Waals surface area contributed by atoms with E-state index in [0.717, 1.165) is 6.61 Å². The summed E-state index contributed by atoms with van der Waals surface area (Å²) in [6.07, 6.45) is 9.63. The van der Waals surface area contributed by atoms with Crippen LogP contribution in [0.25, 0.3) is 0 Å². The molecule has 0 aromatic rings. The van der Waals surface area contributed by atoms with Crippen molar-refractivity contribution in [3.8, 4) is 0 Å². The second kappa shape index (κ2) is 5.94. The average molecular weight is 254 g/mol. The molecule has 0 unspecified atom stereocenters. The third-order valence-corrected chi connectivity index (χ3v) is 4.11. The Morgan fingerprint density at radius 1 is 0.944 bits per heavy atom. The Balaban J connectivity index is 2.43. The first-order valence-corrected chi connectivity index (χ1v) is 7.76. The first kappa shape index (κ1) is 16.0. The Bertz CT molecular complexity index is 235. The van der Waals surface area contributed by atoms with Crippen LogP contribution in [0.1, 0.15) is 86.5 Å². The zero-order valence-corrected chi connectivity index (χ0v) is 13.6. The molecule has 1 aliphatic carbocycles. The maximum Gasteiger partial charge on any atom is 0.0598 e. The van der Waals surface area contributed by atoms with Gasteiger partial charge in [0.1, 0.15) is 0 Å². The summed E-state index contributed by atoms with van der Waals surface area (Å²) in [5, 5.41) is 0. The summed E-state index contributed by atoms with van der Waals surface area (Å²) in [5.41, 5.74) is 0.989. The van der Waals surface area contributed by atoms with Gasteiger partial charge in [-0.05, 0) is 57.3 Å². The lowest BCUT2D eigenvalue weighted by Gasteiger charge is -2.33. The molecule has 18 heavy (non-hydrogen) atoms. The highest BCUT2D eigenvalue weighted by Gasteiger charge is 2.35. The molecule has 1 nitrogen and oxygen atoms in total. The minimum Gasteiger partial charge on any atom is -0.375 e. The molecular formula is C17H34O. The third-order valence-electron chi connectivity index (χ3n) is 4.11. The zero-order valence-electron chi connectivity index (χ0n) is 13.6. The number of hydrogen-bond donors (Lipinski definition) is 0. The van der Waals surface area contributed by atoms with E-state index in [4.69, 9.17) is 4.74 Å². The van der Waals surface area contributed by atoms with Crippen LogP contribution in [0, 0.1) is 10.8 Å². The van der Waals surface area contributed by atoms with Crippen molar-refractivity contribution in [1.29, 1.82) is 0 Å². The molecule has 0 amide bonds. The summed E-state index contributed by atoms with van der Waals surface area (Å²) in [6.45, 7) is 14.5. The van der Waals surface area contributed by atoms with Gasteiger partial charge in [-0.3, -0.25) is 0 Å². The maximum atomic E-state index is 6.10. The normalized spacial score (nSPS) is 20.3. The van der Waals surface area contributed by atoms with Crippen molar-refractivity contribution in [1.82, 2.24) is 0 Å². The van der Waals surface area contributed by atoms with Gasteiger partial charge in [0.2, 0.25) is 0 Å². The summed E-state index contributed by atoms with van der Waals surface area (Å²) in [4.78, 5) is 0. The van der Waals surface area contributed by atoms with Crippen molar-refractivity contribution in [2.45, 2.75) is 92.1 Å². The Morgan fingerprint density at radius 3 is 1.94 bits per heavy atom. The highest BCUT2D eigenvalue weighted by Crippen LogP contribution is 2.44. The fourth-order valence-electron chi connectivity index (χ4n) is 2.95. The number of hydrogen-bond acceptors (Lipinski definition) is 1. The third kappa shape index (κ3) is 6.22. The van der Waals surface area contributed by atoms with Crippen molar-refractivity contribution in [2.24, 2.45) is 10.8 Å². The van der Waals surface area contributed by atoms with E-state index in [9.17, 15) is 0 Å². The van der Waals surface area contributed by atoms with Crippen LogP contribution in [-0.2, 0) is 4.74 Å². The first-order valence-electron chi connectivity index (χ1n) is 7.76. The zero-order chi connectivity index (χ0) is 13.9. The van der Waals surface area contributed by atoms with E-state index in [2.05, 4.69) is 41.5 Å². The van der Waals surface area contributed by atoms with E-state index >= 15 is 0 Å². The molecule has 0 spiro atoms. The van der Waals surface area contributed by atoms with Crippen LogP contribution < -0.4 is 0 Å². The van der Waals surface area contributed by atoms with Gasteiger partial charge in [0.25, 0.3) is 0 Å². The largest absolute Gasteiger partial charge is 0.375 e. The molecule has 1 fully saturated rings. The van der Waals surface area contributed by atoms with Crippen LogP contribution in [0.5, 0.6) is 0 Å². The molecule has 1 heteroatoms. The molecule has 0 saturated heterocycles. The average Bonchev–Trinajstić information content (AvgIpc) is 2.61. The van der Waals surface area contributed by atoms with Gasteiger partial charge < -0.3 is 4.74 Å². The van der Waals surface area contributed by atoms with Gasteiger partial charge in [0.05, 0.1) is 12.2 Å². The molecule has 108 valence electrons. The predicted octanol–water partition coefficient (Wildman–Crippen LogP) is 5.58. The van der Waals surface area contributed by atoms with E-state index in [1.54, 1.807) is 0 Å². The fraction of sp³-hybridized carbons (Fsp3) is 1.00. The van der Waals surface area contributed by atoms with Crippen LogP contribution in [0.4, 0.5) is 0 Å². The summed E-state index contributed by atoms with van der Waals surface area (Å²) in [6, 6.07) is 0. The topological polar surface area (TPSA) is 9.23 Å². The van der Waals surface area contributed by atoms with Crippen LogP contribution in [0.2, 0.25) is 0 Å². The molecular weight excluding hydrogens is 220 g/mol. The molecule has 0 heterocycles. The van der Waals surface area contributed by atoms with Gasteiger partial charge in [-0.15, -0.1) is 0 Å². The SMILES string of the molecule is CC(C)(C)CCCC1(COC(C)(C)C)CCCC1. The highest BCUT2D eigenvalue weighted by atomic mass is 16.5. The van der Waals surface area contributed by atoms with Crippen molar-refractivity contribution < 1.29 is 4.74 Å². The Labute approximate surface area is 115 Å². The van der Waals surface area contributed by atoms with Crippen molar-refractivity contribution in [3.05, 3.63) is 0 Å². The van der Waals surface area contributed by atoms with Crippen molar-refractivity contribution >= 4 is 0 Å². The van der Waals surface area contributed by atoms with E-state index in [1.807, 2.05) is 0 Å². The van der Waals surface area contributed by atoms with Gasteiger partial charge in [0.15, 0.2) is 0 Å². The molecule has 1 saturated carbocycles. The second-order valence-corrected chi connectivity index (χ2v) is 8.52. The smallest absolute Gasteiger partial charge is 0.0598 e. The van der Waals surface area contributed by atoms with Crippen LogP contribution in [-0.4, -0.2) is 12.2 Å². The van der Waals surface area contributed by atoms with Crippen molar-refractivity contribution in [3.63, 3.8) is 0 Å². The minimum atomic E-state index is 0.0135. The lowest BCUT2D eigenvalue weighted by Crippen LogP contribution is -2.30. The van der Waals surface area contributed by atoms with Gasteiger partial charge in [-0.1, -0.05) is 40.0 Å². The van der Waals surface area contributed by atoms with E-state index in [0.29, 0.717) is 10.8 Å². The summed E-state index contributed by atoms with van der Waals surface area (Å²) in [7, 11) is 0. The fourth-order valence-corrected chi connectivity index (χ4v) is 2.95. The maximum absolute atomic E-state index is 6.10. The lowest BCUT2D eigenvalue weighted by atomic mass is 9.79. The molecule has 0 bridgehead atoms. The first-order chi connectivity index (χ1) is 8.12. The van der Waals surface area contributed by atoms with Gasteiger partial charge in [0, 0.05) is 0 Å². The molecule has 0 atom stereocenters. The molecule has 0 aromatic heterocycles. The standard InChI is InChI=1S/C17H34O/c1-15(2,3)10-9-13-17(11-7-8-12-17)14-18-16(4,5)6/h7-14H2,1-6H3. The van der Waals surface area contributed by atoms with Crippen molar-refractivity contribution in [2.75, 3.05) is 6.61 Å². The van der Waals surface area contributed by atoms with E-state index in [1.165, 1.54) is 44.9 Å². The number of ether oxygens (including phenoxy) is 1. The van der Waals surface area contributed by atoms with Gasteiger partial charge in [-0.2, -0.15) is 0 Å². The lowest BCUT2D eigenvalue weighted by molar-refractivity contribution is -0.0544. The molecule has 1 aliphatic rings. The van der Waals surface area contributed by atoms with E-state index < -0.39 is 0 Å². The molecule has 0 N–H and O–H groups in total. The van der Waals surface area contributed by atoms with Gasteiger partial charge >= 0.3 is 0 Å². The Kier molecular flexibility index (Phi) is 5.29.